The van der Waals surface area contributed by atoms with Crippen molar-refractivity contribution in [2.45, 2.75) is 63.7 Å². The lowest BCUT2D eigenvalue weighted by molar-refractivity contribution is -0.126. The molecule has 0 saturated carbocycles. The second kappa shape index (κ2) is 6.41. The number of hydrogen-bond donors (Lipinski definition) is 1. The number of likely N-dealkylation sites (tertiary alicyclic amines) is 1. The fourth-order valence-corrected chi connectivity index (χ4v) is 4.45. The highest BCUT2D eigenvalue weighted by Gasteiger charge is 2.58. The average Bonchev–Trinajstić information content (AvgIpc) is 3.07. The van der Waals surface area contributed by atoms with Gasteiger partial charge in [-0.05, 0) is 45.7 Å². The Bertz CT molecular complexity index is 688. The summed E-state index contributed by atoms with van der Waals surface area (Å²) in [6.07, 6.45) is 4.21. The van der Waals surface area contributed by atoms with Crippen LogP contribution >= 0.6 is 0 Å². The van der Waals surface area contributed by atoms with E-state index in [1.54, 1.807) is 19.3 Å². The Hall–Kier alpha value is -1.95. The van der Waals surface area contributed by atoms with Crippen LogP contribution in [0.25, 0.3) is 0 Å². The molecule has 0 bridgehead atoms. The first-order valence-electron chi connectivity index (χ1n) is 8.90. The molecule has 1 aromatic heterocycles. The number of carbonyl (C=O) groups excluding carboxylic acids is 2. The molecular formula is C19H27N3O3. The Labute approximate surface area is 148 Å². The Balaban J connectivity index is 1.94. The third-order valence-corrected chi connectivity index (χ3v) is 5.36. The minimum atomic E-state index is -0.412. The molecule has 3 rings (SSSR count). The van der Waals surface area contributed by atoms with E-state index in [0.717, 1.165) is 25.0 Å². The highest BCUT2D eigenvalue weighted by Crippen LogP contribution is 2.49. The minimum absolute atomic E-state index is 0.00575. The maximum atomic E-state index is 13.2. The lowest BCUT2D eigenvalue weighted by Crippen LogP contribution is -2.53. The number of hydrogen-bond acceptors (Lipinski definition) is 4. The van der Waals surface area contributed by atoms with Crippen molar-refractivity contribution < 1.29 is 14.3 Å². The second-order valence-corrected chi connectivity index (χ2v) is 7.77. The van der Waals surface area contributed by atoms with Crippen LogP contribution in [0.1, 0.15) is 55.6 Å². The summed E-state index contributed by atoms with van der Waals surface area (Å²) in [5, 5.41) is 2.68. The molecule has 6 heteroatoms. The van der Waals surface area contributed by atoms with E-state index in [0.29, 0.717) is 12.1 Å². The molecule has 2 aliphatic heterocycles. The largest absolute Gasteiger partial charge is 0.369 e. The number of nitrogens with one attached hydrogen (secondary N) is 1. The predicted octanol–water partition coefficient (Wildman–Crippen LogP) is 2.07. The Kier molecular flexibility index (Phi) is 4.58. The molecule has 2 atom stereocenters. The molecule has 0 radical (unpaired) electrons. The molecule has 2 aliphatic rings. The molecule has 0 aromatic carbocycles. The van der Waals surface area contributed by atoms with Gasteiger partial charge < -0.3 is 15.0 Å². The number of pyridine rings is 1. The summed E-state index contributed by atoms with van der Waals surface area (Å²) in [7, 11) is 1.63. The second-order valence-electron chi connectivity index (χ2n) is 7.77. The van der Waals surface area contributed by atoms with E-state index in [9.17, 15) is 9.59 Å². The summed E-state index contributed by atoms with van der Waals surface area (Å²) in [6.45, 7) is 6.66. The molecule has 3 heterocycles. The van der Waals surface area contributed by atoms with E-state index in [4.69, 9.17) is 4.74 Å². The van der Waals surface area contributed by atoms with Gasteiger partial charge in [0.2, 0.25) is 5.91 Å². The molecule has 0 aliphatic carbocycles. The first-order valence-corrected chi connectivity index (χ1v) is 8.90. The average molecular weight is 345 g/mol. The molecule has 1 aromatic rings. The molecule has 25 heavy (non-hydrogen) atoms. The summed E-state index contributed by atoms with van der Waals surface area (Å²) >= 11 is 0. The van der Waals surface area contributed by atoms with Gasteiger partial charge in [0, 0.05) is 37.5 Å². The van der Waals surface area contributed by atoms with Crippen LogP contribution in [0.3, 0.4) is 0 Å². The smallest absolute Gasteiger partial charge is 0.254 e. The van der Waals surface area contributed by atoms with Crippen molar-refractivity contribution in [3.8, 4) is 0 Å². The summed E-state index contributed by atoms with van der Waals surface area (Å²) in [5.74, 6) is -0.0488. The highest BCUT2D eigenvalue weighted by atomic mass is 16.5. The summed E-state index contributed by atoms with van der Waals surface area (Å²) in [6, 6.07) is 3.58. The van der Waals surface area contributed by atoms with Gasteiger partial charge in [0.15, 0.2) is 0 Å². The lowest BCUT2D eigenvalue weighted by atomic mass is 9.82. The van der Waals surface area contributed by atoms with Crippen LogP contribution in [0, 0.1) is 6.92 Å². The Morgan fingerprint density at radius 1 is 1.44 bits per heavy atom. The van der Waals surface area contributed by atoms with Gasteiger partial charge in [-0.2, -0.15) is 0 Å². The van der Waals surface area contributed by atoms with Crippen LogP contribution in [-0.4, -0.2) is 52.5 Å². The van der Waals surface area contributed by atoms with E-state index >= 15 is 0 Å². The van der Waals surface area contributed by atoms with Crippen LogP contribution in [0.15, 0.2) is 18.3 Å². The number of amides is 2. The van der Waals surface area contributed by atoms with Crippen molar-refractivity contribution in [3.63, 3.8) is 0 Å². The third-order valence-electron chi connectivity index (χ3n) is 5.36. The molecule has 1 spiro atoms. The van der Waals surface area contributed by atoms with Crippen molar-refractivity contribution >= 4 is 11.8 Å². The van der Waals surface area contributed by atoms with Gasteiger partial charge in [0.1, 0.15) is 0 Å². The van der Waals surface area contributed by atoms with Gasteiger partial charge >= 0.3 is 0 Å². The number of aromatic nitrogens is 1. The maximum absolute atomic E-state index is 13.2. The fourth-order valence-electron chi connectivity index (χ4n) is 4.45. The van der Waals surface area contributed by atoms with Gasteiger partial charge in [-0.3, -0.25) is 14.6 Å². The minimum Gasteiger partial charge on any atom is -0.369 e. The highest BCUT2D eigenvalue weighted by molar-refractivity contribution is 5.95. The predicted molar refractivity (Wildman–Crippen MR) is 94.2 cm³/mol. The Morgan fingerprint density at radius 3 is 2.88 bits per heavy atom. The zero-order chi connectivity index (χ0) is 18.2. The summed E-state index contributed by atoms with van der Waals surface area (Å²) in [4.78, 5) is 31.3. The monoisotopic (exact) mass is 345 g/mol. The molecule has 2 saturated heterocycles. The van der Waals surface area contributed by atoms with Crippen LogP contribution in [0.5, 0.6) is 0 Å². The molecule has 1 N–H and O–H groups in total. The van der Waals surface area contributed by atoms with Crippen molar-refractivity contribution in [2.75, 3.05) is 13.6 Å². The molecule has 2 fully saturated rings. The number of ether oxygens (including phenoxy) is 1. The van der Waals surface area contributed by atoms with Crippen molar-refractivity contribution in [3.05, 3.63) is 29.6 Å². The maximum Gasteiger partial charge on any atom is 0.254 e. The van der Waals surface area contributed by atoms with Crippen LogP contribution in [0.4, 0.5) is 0 Å². The third kappa shape index (κ3) is 3.27. The van der Waals surface area contributed by atoms with E-state index < -0.39 is 5.54 Å². The SMILES string of the molecule is CNC(=O)C[C@@H]1OC(C)(C)C[C@]12CCCN2C(=O)c1ccnc(C)c1. The fraction of sp³-hybridized carbons (Fsp3) is 0.632. The van der Waals surface area contributed by atoms with E-state index in [-0.39, 0.29) is 29.9 Å². The van der Waals surface area contributed by atoms with Crippen molar-refractivity contribution in [1.82, 2.24) is 15.2 Å². The van der Waals surface area contributed by atoms with Gasteiger partial charge in [0.25, 0.3) is 5.91 Å². The van der Waals surface area contributed by atoms with Crippen molar-refractivity contribution in [1.29, 1.82) is 0 Å². The van der Waals surface area contributed by atoms with Gasteiger partial charge in [-0.25, -0.2) is 0 Å². The van der Waals surface area contributed by atoms with E-state index in [1.807, 2.05) is 31.7 Å². The molecule has 136 valence electrons. The zero-order valence-corrected chi connectivity index (χ0v) is 15.5. The van der Waals surface area contributed by atoms with Crippen molar-refractivity contribution in [2.24, 2.45) is 0 Å². The quantitative estimate of drug-likeness (QED) is 0.910. The van der Waals surface area contributed by atoms with Gasteiger partial charge in [-0.1, -0.05) is 0 Å². The number of nitrogens with zero attached hydrogens (tertiary/aromatic N) is 2. The summed E-state index contributed by atoms with van der Waals surface area (Å²) in [5.41, 5.74) is 0.709. The molecule has 6 nitrogen and oxygen atoms in total. The lowest BCUT2D eigenvalue weighted by Gasteiger charge is -2.39. The molecule has 0 unspecified atom stereocenters. The van der Waals surface area contributed by atoms with Gasteiger partial charge in [-0.15, -0.1) is 0 Å². The van der Waals surface area contributed by atoms with Crippen LogP contribution in [-0.2, 0) is 9.53 Å². The van der Waals surface area contributed by atoms with Crippen LogP contribution in [0.2, 0.25) is 0 Å². The first-order chi connectivity index (χ1) is 11.8. The number of carbonyl (C=O) groups is 2. The summed E-state index contributed by atoms with van der Waals surface area (Å²) < 4.78 is 6.23. The Morgan fingerprint density at radius 2 is 2.20 bits per heavy atom. The number of rotatable bonds is 3. The normalized spacial score (nSPS) is 27.7. The van der Waals surface area contributed by atoms with Gasteiger partial charge in [0.05, 0.1) is 23.7 Å². The standard InChI is InChI=1S/C19H27N3O3/c1-13-10-14(6-8-21-13)17(24)22-9-5-7-19(22)12-18(2,3)25-15(19)11-16(23)20-4/h6,8,10,15H,5,7,9,11-12H2,1-4H3,(H,20,23)/t15-,19+/m0/s1. The first kappa shape index (κ1) is 17.9. The van der Waals surface area contributed by atoms with E-state index in [1.165, 1.54) is 0 Å². The molecular weight excluding hydrogens is 318 g/mol. The topological polar surface area (TPSA) is 71.5 Å². The van der Waals surface area contributed by atoms with Crippen LogP contribution < -0.4 is 5.32 Å². The van der Waals surface area contributed by atoms with E-state index in [2.05, 4.69) is 10.3 Å². The zero-order valence-electron chi connectivity index (χ0n) is 15.5. The number of aryl methyl sites for hydroxylation is 1. The molecule has 2 amide bonds.